The zero-order valence-electron chi connectivity index (χ0n) is 19.3. The van der Waals surface area contributed by atoms with E-state index in [0.29, 0.717) is 34.1 Å². The predicted molar refractivity (Wildman–Crippen MR) is 129 cm³/mol. The molecule has 184 valence electrons. The number of anilines is 1. The van der Waals surface area contributed by atoms with E-state index in [-0.39, 0.29) is 30.6 Å². The van der Waals surface area contributed by atoms with Gasteiger partial charge in [0, 0.05) is 11.8 Å². The van der Waals surface area contributed by atoms with Crippen molar-refractivity contribution in [2.75, 3.05) is 11.3 Å². The molecule has 12 nitrogen and oxygen atoms in total. The molecule has 5 N–H and O–H groups in total. The number of fused-ring (bicyclic) bond motifs is 1. The lowest BCUT2D eigenvalue weighted by Crippen LogP contribution is -2.48. The monoisotopic (exact) mass is 499 g/mol. The fourth-order valence-corrected chi connectivity index (χ4v) is 4.40. The molecule has 0 spiro atoms. The minimum absolute atomic E-state index is 0.0581. The molecule has 0 radical (unpaired) electrons. The number of aryl methyl sites for hydroxylation is 1. The van der Waals surface area contributed by atoms with E-state index in [4.69, 9.17) is 10.5 Å². The number of rotatable bonds is 7. The summed E-state index contributed by atoms with van der Waals surface area (Å²) < 4.78 is 36.9. The van der Waals surface area contributed by atoms with E-state index in [1.807, 2.05) is 0 Å². The maximum Gasteiger partial charge on any atom is 0.344 e. The molecule has 0 saturated heterocycles. The maximum absolute atomic E-state index is 13.0. The van der Waals surface area contributed by atoms with Crippen LogP contribution in [0.5, 0.6) is 5.75 Å². The summed E-state index contributed by atoms with van der Waals surface area (Å²) in [5.41, 5.74) is 7.25. The van der Waals surface area contributed by atoms with Crippen LogP contribution in [-0.4, -0.2) is 51.9 Å². The highest BCUT2D eigenvalue weighted by molar-refractivity contribution is 7.91. The molecular weight excluding hydrogens is 474 g/mol. The van der Waals surface area contributed by atoms with Gasteiger partial charge in [0.15, 0.2) is 5.84 Å². The van der Waals surface area contributed by atoms with Gasteiger partial charge in [-0.2, -0.15) is 8.42 Å². The molecule has 13 heteroatoms. The number of nitrogens with zero attached hydrogens (tertiary/aromatic N) is 4. The summed E-state index contributed by atoms with van der Waals surface area (Å²) in [6.07, 6.45) is 3.04. The third-order valence-electron chi connectivity index (χ3n) is 5.26. The van der Waals surface area contributed by atoms with Crippen LogP contribution < -0.4 is 20.5 Å². The van der Waals surface area contributed by atoms with E-state index in [1.165, 1.54) is 6.20 Å². The second-order valence-electron chi connectivity index (χ2n) is 8.57. The van der Waals surface area contributed by atoms with Crippen LogP contribution in [0, 0.1) is 6.92 Å². The SMILES string of the molecule is Cc1ncn(-c2cc(C(=O)NC(C)(C)COc3cccc4c3C(N)=NS(=O)(=O)N4)ccn2)c1CO. The number of aliphatic hydroxyl groups excluding tert-OH is 1. The maximum atomic E-state index is 13.0. The van der Waals surface area contributed by atoms with E-state index in [0.717, 1.165) is 0 Å². The minimum Gasteiger partial charge on any atom is -0.490 e. The Bertz CT molecular complexity index is 1430. The summed E-state index contributed by atoms with van der Waals surface area (Å²) in [5, 5.41) is 12.5. The van der Waals surface area contributed by atoms with Crippen LogP contribution in [0.2, 0.25) is 0 Å². The number of aromatic nitrogens is 3. The van der Waals surface area contributed by atoms with Gasteiger partial charge >= 0.3 is 10.2 Å². The van der Waals surface area contributed by atoms with Crippen LogP contribution in [0.4, 0.5) is 5.69 Å². The largest absolute Gasteiger partial charge is 0.490 e. The van der Waals surface area contributed by atoms with Crippen molar-refractivity contribution in [2.45, 2.75) is 32.9 Å². The van der Waals surface area contributed by atoms with Gasteiger partial charge in [0.05, 0.1) is 34.8 Å². The number of nitrogens with one attached hydrogen (secondary N) is 2. The summed E-state index contributed by atoms with van der Waals surface area (Å²) >= 11 is 0. The van der Waals surface area contributed by atoms with Crippen LogP contribution in [0.3, 0.4) is 0 Å². The number of imidazole rings is 1. The fourth-order valence-electron chi connectivity index (χ4n) is 3.55. The first-order valence-electron chi connectivity index (χ1n) is 10.6. The van der Waals surface area contributed by atoms with Crippen molar-refractivity contribution in [1.29, 1.82) is 0 Å². The number of amidine groups is 1. The average molecular weight is 500 g/mol. The Labute approximate surface area is 202 Å². The number of nitrogens with two attached hydrogens (primary N) is 1. The first-order chi connectivity index (χ1) is 16.5. The van der Waals surface area contributed by atoms with Gasteiger partial charge < -0.3 is 20.9 Å². The molecule has 1 aromatic carbocycles. The summed E-state index contributed by atoms with van der Waals surface area (Å²) in [5.74, 6) is 0.238. The normalized spacial score (nSPS) is 14.5. The molecule has 4 rings (SSSR count). The zero-order valence-corrected chi connectivity index (χ0v) is 20.1. The number of hydrogen-bond donors (Lipinski definition) is 4. The van der Waals surface area contributed by atoms with Gasteiger partial charge in [-0.15, -0.1) is 4.40 Å². The smallest absolute Gasteiger partial charge is 0.344 e. The van der Waals surface area contributed by atoms with Gasteiger partial charge in [0.25, 0.3) is 5.91 Å². The summed E-state index contributed by atoms with van der Waals surface area (Å²) in [7, 11) is -3.90. The molecule has 3 heterocycles. The number of carbonyl (C=O) groups is 1. The minimum atomic E-state index is -3.90. The zero-order chi connectivity index (χ0) is 25.4. The lowest BCUT2D eigenvalue weighted by atomic mass is 10.1. The Morgan fingerprint density at radius 3 is 2.80 bits per heavy atom. The third-order valence-corrected chi connectivity index (χ3v) is 6.17. The molecule has 1 aliphatic rings. The molecular formula is C22H25N7O5S. The van der Waals surface area contributed by atoms with Crippen molar-refractivity contribution in [1.82, 2.24) is 19.9 Å². The van der Waals surface area contributed by atoms with Crippen molar-refractivity contribution >= 4 is 27.6 Å². The van der Waals surface area contributed by atoms with Crippen molar-refractivity contribution in [3.63, 3.8) is 0 Å². The topological polar surface area (TPSA) is 174 Å². The third kappa shape index (κ3) is 5.10. The first kappa shape index (κ1) is 24.2. The van der Waals surface area contributed by atoms with Gasteiger partial charge in [0.1, 0.15) is 24.5 Å². The molecule has 2 aromatic heterocycles. The van der Waals surface area contributed by atoms with E-state index >= 15 is 0 Å². The standard InChI is InChI=1S/C22H25N7O5S/c1-13-16(10-30)29(12-25-13)18-9-14(7-8-24-18)21(31)26-22(2,3)11-34-17-6-4-5-15-19(17)20(23)28-35(32,33)27-15/h4-9,12,27,30H,10-11H2,1-3H3,(H2,23,28)(H,26,31). The highest BCUT2D eigenvalue weighted by atomic mass is 32.2. The molecule has 0 aliphatic carbocycles. The predicted octanol–water partition coefficient (Wildman–Crippen LogP) is 1.03. The van der Waals surface area contributed by atoms with Crippen LogP contribution >= 0.6 is 0 Å². The molecule has 1 amide bonds. The Kier molecular flexibility index (Phi) is 6.21. The Morgan fingerprint density at radius 1 is 1.29 bits per heavy atom. The number of carbonyl (C=O) groups excluding carboxylic acids is 1. The van der Waals surface area contributed by atoms with E-state index in [1.54, 1.807) is 62.0 Å². The van der Waals surface area contributed by atoms with Crippen molar-refractivity contribution in [3.8, 4) is 11.6 Å². The fraction of sp³-hybridized carbons (Fsp3) is 0.273. The molecule has 0 unspecified atom stereocenters. The highest BCUT2D eigenvalue weighted by Crippen LogP contribution is 2.31. The molecule has 0 saturated carbocycles. The number of benzene rings is 1. The lowest BCUT2D eigenvalue weighted by Gasteiger charge is -2.27. The van der Waals surface area contributed by atoms with Gasteiger partial charge in [-0.1, -0.05) is 6.07 Å². The van der Waals surface area contributed by atoms with Crippen LogP contribution in [0.25, 0.3) is 5.82 Å². The van der Waals surface area contributed by atoms with Gasteiger partial charge in [-0.05, 0) is 45.0 Å². The number of aliphatic hydroxyl groups is 1. The highest BCUT2D eigenvalue weighted by Gasteiger charge is 2.27. The van der Waals surface area contributed by atoms with Crippen molar-refractivity contribution in [2.24, 2.45) is 10.1 Å². The average Bonchev–Trinajstić information content (AvgIpc) is 3.16. The van der Waals surface area contributed by atoms with Crippen molar-refractivity contribution in [3.05, 3.63) is 65.4 Å². The Balaban J connectivity index is 1.49. The Morgan fingerprint density at radius 2 is 2.06 bits per heavy atom. The van der Waals surface area contributed by atoms with Gasteiger partial charge in [-0.25, -0.2) is 9.97 Å². The summed E-state index contributed by atoms with van der Waals surface area (Å²) in [4.78, 5) is 21.5. The number of hydrogen-bond acceptors (Lipinski definition) is 8. The van der Waals surface area contributed by atoms with Gasteiger partial charge in [-0.3, -0.25) is 14.1 Å². The van der Waals surface area contributed by atoms with Gasteiger partial charge in [0.2, 0.25) is 0 Å². The van der Waals surface area contributed by atoms with Crippen LogP contribution in [0.1, 0.15) is 41.2 Å². The number of amides is 1. The van der Waals surface area contributed by atoms with E-state index < -0.39 is 15.7 Å². The Hall–Kier alpha value is -3.97. The molecule has 1 aliphatic heterocycles. The number of ether oxygens (including phenoxy) is 1. The molecule has 35 heavy (non-hydrogen) atoms. The van der Waals surface area contributed by atoms with Crippen LogP contribution in [-0.2, 0) is 16.8 Å². The first-order valence-corrected chi connectivity index (χ1v) is 12.0. The lowest BCUT2D eigenvalue weighted by molar-refractivity contribution is 0.0880. The quantitative estimate of drug-likeness (QED) is 0.373. The van der Waals surface area contributed by atoms with E-state index in [9.17, 15) is 18.3 Å². The summed E-state index contributed by atoms with van der Waals surface area (Å²) in [6.45, 7) is 5.19. The van der Waals surface area contributed by atoms with Crippen molar-refractivity contribution < 1.29 is 23.1 Å². The second kappa shape index (κ2) is 9.00. The molecule has 0 atom stereocenters. The molecule has 0 fully saturated rings. The van der Waals surface area contributed by atoms with Crippen LogP contribution in [0.15, 0.2) is 47.3 Å². The summed E-state index contributed by atoms with van der Waals surface area (Å²) in [6, 6.07) is 8.00. The molecule has 3 aromatic rings. The number of pyridine rings is 1. The molecule has 0 bridgehead atoms. The van der Waals surface area contributed by atoms with E-state index in [2.05, 4.69) is 24.4 Å². The second-order valence-corrected chi connectivity index (χ2v) is 9.90.